The van der Waals surface area contributed by atoms with Gasteiger partial charge in [0.2, 0.25) is 0 Å². The fourth-order valence-electron chi connectivity index (χ4n) is 2.79. The summed E-state index contributed by atoms with van der Waals surface area (Å²) in [6, 6.07) is 11.6. The van der Waals surface area contributed by atoms with Gasteiger partial charge in [0.05, 0.1) is 6.54 Å². The molecule has 20 heavy (non-hydrogen) atoms. The van der Waals surface area contributed by atoms with Crippen LogP contribution < -0.4 is 11.1 Å². The lowest BCUT2D eigenvalue weighted by Crippen LogP contribution is -2.32. The van der Waals surface area contributed by atoms with E-state index in [0.29, 0.717) is 12.1 Å². The van der Waals surface area contributed by atoms with Crippen molar-refractivity contribution in [3.63, 3.8) is 0 Å². The highest BCUT2D eigenvalue weighted by molar-refractivity contribution is 5.45. The van der Waals surface area contributed by atoms with Crippen LogP contribution in [0.25, 0.3) is 0 Å². The number of hydrogen-bond donors (Lipinski definition) is 2. The average molecular weight is 270 g/mol. The largest absolute Gasteiger partial charge is 0.382 e. The zero-order valence-corrected chi connectivity index (χ0v) is 11.7. The molecule has 1 saturated carbocycles. The van der Waals surface area contributed by atoms with Crippen molar-refractivity contribution >= 4 is 5.69 Å². The lowest BCUT2D eigenvalue weighted by molar-refractivity contribution is 0.411. The predicted molar refractivity (Wildman–Crippen MR) is 81.6 cm³/mol. The molecule has 0 bridgehead atoms. The molecule has 3 rings (SSSR count). The first-order chi connectivity index (χ1) is 9.79. The highest BCUT2D eigenvalue weighted by atomic mass is 15.3. The third-order valence-corrected chi connectivity index (χ3v) is 4.00. The lowest BCUT2D eigenvalue weighted by atomic mass is 9.91. The van der Waals surface area contributed by atoms with Crippen LogP contribution in [0.4, 0.5) is 5.69 Å². The zero-order valence-electron chi connectivity index (χ0n) is 11.7. The first-order valence-electron chi connectivity index (χ1n) is 7.38. The number of aromatic nitrogens is 2. The molecule has 0 aliphatic heterocycles. The summed E-state index contributed by atoms with van der Waals surface area (Å²) in [7, 11) is 0. The minimum atomic E-state index is 0.407. The van der Waals surface area contributed by atoms with E-state index in [2.05, 4.69) is 34.7 Å². The molecule has 1 aliphatic rings. The molecule has 0 saturated heterocycles. The summed E-state index contributed by atoms with van der Waals surface area (Å²) in [5, 5.41) is 7.83. The van der Waals surface area contributed by atoms with Gasteiger partial charge >= 0.3 is 0 Å². The number of benzene rings is 1. The Morgan fingerprint density at radius 1 is 1.15 bits per heavy atom. The van der Waals surface area contributed by atoms with E-state index in [-0.39, 0.29) is 0 Å². The van der Waals surface area contributed by atoms with Crippen molar-refractivity contribution in [1.29, 1.82) is 0 Å². The van der Waals surface area contributed by atoms with Gasteiger partial charge in [-0.05, 0) is 49.4 Å². The molecule has 1 heterocycles. The lowest BCUT2D eigenvalue weighted by Gasteiger charge is -2.27. The van der Waals surface area contributed by atoms with Gasteiger partial charge in [-0.1, -0.05) is 12.1 Å². The summed E-state index contributed by atoms with van der Waals surface area (Å²) < 4.78 is 1.94. The molecule has 106 valence electrons. The van der Waals surface area contributed by atoms with E-state index in [1.807, 2.05) is 23.1 Å². The minimum Gasteiger partial charge on any atom is -0.382 e. The third kappa shape index (κ3) is 3.39. The van der Waals surface area contributed by atoms with Crippen LogP contribution >= 0.6 is 0 Å². The number of nitrogens with two attached hydrogens (primary N) is 1. The van der Waals surface area contributed by atoms with E-state index in [4.69, 9.17) is 5.73 Å². The molecule has 1 fully saturated rings. The van der Waals surface area contributed by atoms with Gasteiger partial charge in [0.15, 0.2) is 0 Å². The summed E-state index contributed by atoms with van der Waals surface area (Å²) in [6.07, 6.45) is 8.41. The van der Waals surface area contributed by atoms with Gasteiger partial charge in [0.25, 0.3) is 0 Å². The number of nitrogens with one attached hydrogen (secondary N) is 1. The monoisotopic (exact) mass is 270 g/mol. The van der Waals surface area contributed by atoms with E-state index in [1.165, 1.54) is 24.1 Å². The second kappa shape index (κ2) is 6.09. The van der Waals surface area contributed by atoms with Crippen LogP contribution in [-0.4, -0.2) is 21.9 Å². The number of rotatable bonds is 4. The van der Waals surface area contributed by atoms with E-state index in [9.17, 15) is 0 Å². The maximum atomic E-state index is 5.94. The average Bonchev–Trinajstić information content (AvgIpc) is 2.96. The van der Waals surface area contributed by atoms with E-state index in [1.54, 1.807) is 0 Å². The van der Waals surface area contributed by atoms with E-state index < -0.39 is 0 Å². The second-order valence-electron chi connectivity index (χ2n) is 5.66. The van der Waals surface area contributed by atoms with Gasteiger partial charge in [0.1, 0.15) is 0 Å². The van der Waals surface area contributed by atoms with Crippen LogP contribution in [-0.2, 0) is 6.54 Å². The Labute approximate surface area is 120 Å². The normalized spacial score (nSPS) is 22.6. The quantitative estimate of drug-likeness (QED) is 0.898. The van der Waals surface area contributed by atoms with Gasteiger partial charge in [-0.25, -0.2) is 0 Å². The first kappa shape index (κ1) is 13.2. The number of hydrogen-bond acceptors (Lipinski definition) is 3. The number of nitrogens with zero attached hydrogens (tertiary/aromatic N) is 2. The molecule has 0 unspecified atom stereocenters. The molecular formula is C16H22N4. The van der Waals surface area contributed by atoms with Crippen LogP contribution in [0.3, 0.4) is 0 Å². The van der Waals surface area contributed by atoms with Crippen LogP contribution in [0.15, 0.2) is 42.7 Å². The van der Waals surface area contributed by atoms with Crippen LogP contribution in [0.5, 0.6) is 0 Å². The molecule has 4 nitrogen and oxygen atoms in total. The molecule has 0 spiro atoms. The Balaban J connectivity index is 1.56. The summed E-state index contributed by atoms with van der Waals surface area (Å²) in [5.74, 6) is 0. The second-order valence-corrected chi connectivity index (χ2v) is 5.66. The Hall–Kier alpha value is -1.81. The van der Waals surface area contributed by atoms with Crippen molar-refractivity contribution in [1.82, 2.24) is 9.78 Å². The smallest absolute Gasteiger partial charge is 0.0659 e. The van der Waals surface area contributed by atoms with E-state index >= 15 is 0 Å². The fourth-order valence-corrected chi connectivity index (χ4v) is 2.79. The topological polar surface area (TPSA) is 55.9 Å². The van der Waals surface area contributed by atoms with Crippen molar-refractivity contribution in [2.45, 2.75) is 44.3 Å². The SMILES string of the molecule is NC1CCC(Nc2ccc(Cn3cccn3)cc2)CC1. The van der Waals surface area contributed by atoms with Crippen LogP contribution in [0, 0.1) is 0 Å². The van der Waals surface area contributed by atoms with Crippen LogP contribution in [0.2, 0.25) is 0 Å². The maximum absolute atomic E-state index is 5.94. The number of anilines is 1. The Kier molecular flexibility index (Phi) is 4.02. The third-order valence-electron chi connectivity index (χ3n) is 4.00. The Morgan fingerprint density at radius 3 is 2.55 bits per heavy atom. The van der Waals surface area contributed by atoms with Gasteiger partial charge < -0.3 is 11.1 Å². The standard InChI is InChI=1S/C16H22N4/c17-14-4-8-16(9-5-14)19-15-6-2-13(3-7-15)12-20-11-1-10-18-20/h1-3,6-7,10-11,14,16,19H,4-5,8-9,12,17H2. The highest BCUT2D eigenvalue weighted by Crippen LogP contribution is 2.21. The fraction of sp³-hybridized carbons (Fsp3) is 0.438. The van der Waals surface area contributed by atoms with Gasteiger partial charge in [-0.15, -0.1) is 0 Å². The Morgan fingerprint density at radius 2 is 1.90 bits per heavy atom. The summed E-state index contributed by atoms with van der Waals surface area (Å²) in [6.45, 7) is 0.825. The Bertz CT molecular complexity index is 510. The van der Waals surface area contributed by atoms with Gasteiger partial charge in [0, 0.05) is 30.2 Å². The zero-order chi connectivity index (χ0) is 13.8. The molecule has 1 aromatic heterocycles. The maximum Gasteiger partial charge on any atom is 0.0659 e. The first-order valence-corrected chi connectivity index (χ1v) is 7.38. The van der Waals surface area contributed by atoms with Crippen molar-refractivity contribution < 1.29 is 0 Å². The molecule has 2 aromatic rings. The van der Waals surface area contributed by atoms with Crippen molar-refractivity contribution in [3.8, 4) is 0 Å². The highest BCUT2D eigenvalue weighted by Gasteiger charge is 2.17. The summed E-state index contributed by atoms with van der Waals surface area (Å²) >= 11 is 0. The van der Waals surface area contributed by atoms with E-state index in [0.717, 1.165) is 19.4 Å². The molecule has 4 heteroatoms. The van der Waals surface area contributed by atoms with Crippen molar-refractivity contribution in [3.05, 3.63) is 48.3 Å². The molecular weight excluding hydrogens is 248 g/mol. The van der Waals surface area contributed by atoms with Gasteiger partial charge in [-0.2, -0.15) is 5.10 Å². The van der Waals surface area contributed by atoms with Crippen molar-refractivity contribution in [2.75, 3.05) is 5.32 Å². The predicted octanol–water partition coefficient (Wildman–Crippen LogP) is 2.61. The van der Waals surface area contributed by atoms with Crippen LogP contribution in [0.1, 0.15) is 31.2 Å². The molecule has 0 amide bonds. The molecule has 0 radical (unpaired) electrons. The molecule has 0 atom stereocenters. The molecule has 1 aliphatic carbocycles. The van der Waals surface area contributed by atoms with Crippen molar-refractivity contribution in [2.24, 2.45) is 5.73 Å². The molecule has 3 N–H and O–H groups in total. The molecule has 1 aromatic carbocycles. The minimum absolute atomic E-state index is 0.407. The summed E-state index contributed by atoms with van der Waals surface area (Å²) in [4.78, 5) is 0. The summed E-state index contributed by atoms with van der Waals surface area (Å²) in [5.41, 5.74) is 8.41. The van der Waals surface area contributed by atoms with Gasteiger partial charge in [-0.3, -0.25) is 4.68 Å².